The molecule has 0 heterocycles. The molecule has 2 atom stereocenters. The van der Waals surface area contributed by atoms with Gasteiger partial charge >= 0.3 is 12.1 Å². The Kier molecular flexibility index (Phi) is 3.62. The number of hydrogen-bond donors (Lipinski definition) is 0. The van der Waals surface area contributed by atoms with E-state index in [2.05, 4.69) is 0 Å². The zero-order chi connectivity index (χ0) is 11.6. The van der Waals surface area contributed by atoms with Crippen molar-refractivity contribution in [3.63, 3.8) is 0 Å². The van der Waals surface area contributed by atoms with Crippen LogP contribution in [0.25, 0.3) is 0 Å². The molecule has 15 heavy (non-hydrogen) atoms. The van der Waals surface area contributed by atoms with Crippen molar-refractivity contribution >= 4 is 5.91 Å². The van der Waals surface area contributed by atoms with Gasteiger partial charge in [-0.25, -0.2) is 0 Å². The van der Waals surface area contributed by atoms with Crippen LogP contribution in [0.5, 0.6) is 0 Å². The molecule has 0 aromatic carbocycles. The molecule has 1 amide bonds. The van der Waals surface area contributed by atoms with E-state index in [4.69, 9.17) is 0 Å². The van der Waals surface area contributed by atoms with Gasteiger partial charge in [-0.15, -0.1) is 0 Å². The molecule has 0 spiro atoms. The highest BCUT2D eigenvalue weighted by molar-refractivity contribution is 5.81. The minimum Gasteiger partial charge on any atom is -0.335 e. The highest BCUT2D eigenvalue weighted by atomic mass is 19.4. The topological polar surface area (TPSA) is 20.3 Å². The number of amides is 1. The lowest BCUT2D eigenvalue weighted by Crippen LogP contribution is -2.46. The molecule has 0 aromatic rings. The zero-order valence-corrected chi connectivity index (χ0v) is 8.97. The van der Waals surface area contributed by atoms with E-state index in [9.17, 15) is 18.0 Å². The summed E-state index contributed by atoms with van der Waals surface area (Å²) in [7, 11) is 1.25. The average molecular weight is 223 g/mol. The number of carbonyl (C=O) groups excluding carboxylic acids is 1. The van der Waals surface area contributed by atoms with E-state index in [-0.39, 0.29) is 6.04 Å². The van der Waals surface area contributed by atoms with Crippen molar-refractivity contribution in [2.45, 2.75) is 44.8 Å². The fourth-order valence-corrected chi connectivity index (χ4v) is 2.12. The lowest BCUT2D eigenvalue weighted by Gasteiger charge is -2.34. The highest BCUT2D eigenvalue weighted by Gasteiger charge is 2.43. The van der Waals surface area contributed by atoms with E-state index < -0.39 is 12.1 Å². The monoisotopic (exact) mass is 223 g/mol. The number of rotatable bonds is 1. The average Bonchev–Trinajstić information content (AvgIpc) is 2.14. The Morgan fingerprint density at radius 1 is 1.33 bits per heavy atom. The van der Waals surface area contributed by atoms with Gasteiger partial charge in [0.15, 0.2) is 0 Å². The molecule has 0 aliphatic heterocycles. The molecular formula is C10H16F3NO. The second-order valence-corrected chi connectivity index (χ2v) is 4.34. The quantitative estimate of drug-likeness (QED) is 0.669. The first kappa shape index (κ1) is 12.3. The van der Waals surface area contributed by atoms with E-state index in [0.29, 0.717) is 18.8 Å². The fourth-order valence-electron chi connectivity index (χ4n) is 2.12. The van der Waals surface area contributed by atoms with Gasteiger partial charge in [0.05, 0.1) is 0 Å². The minimum absolute atomic E-state index is 0.247. The van der Waals surface area contributed by atoms with Gasteiger partial charge in [-0.3, -0.25) is 4.79 Å². The van der Waals surface area contributed by atoms with Gasteiger partial charge in [0, 0.05) is 13.1 Å². The van der Waals surface area contributed by atoms with Gasteiger partial charge in [0.25, 0.3) is 0 Å². The first-order valence-corrected chi connectivity index (χ1v) is 5.16. The summed E-state index contributed by atoms with van der Waals surface area (Å²) >= 11 is 0. The van der Waals surface area contributed by atoms with Crippen molar-refractivity contribution in [1.82, 2.24) is 4.90 Å². The summed E-state index contributed by atoms with van der Waals surface area (Å²) < 4.78 is 36.5. The van der Waals surface area contributed by atoms with Crippen molar-refractivity contribution in [2.24, 2.45) is 5.92 Å². The summed E-state index contributed by atoms with van der Waals surface area (Å²) in [6.07, 6.45) is -1.43. The van der Waals surface area contributed by atoms with E-state index in [0.717, 1.165) is 17.7 Å². The third kappa shape index (κ3) is 3.11. The first-order valence-electron chi connectivity index (χ1n) is 5.16. The predicted molar refractivity (Wildman–Crippen MR) is 50.2 cm³/mol. The van der Waals surface area contributed by atoms with Crippen LogP contribution in [0.1, 0.15) is 32.6 Å². The third-order valence-corrected chi connectivity index (χ3v) is 3.02. The molecule has 0 radical (unpaired) electrons. The van der Waals surface area contributed by atoms with Crippen LogP contribution in [0.15, 0.2) is 0 Å². The molecule has 1 aliphatic rings. The van der Waals surface area contributed by atoms with Crippen molar-refractivity contribution in [2.75, 3.05) is 7.05 Å². The number of nitrogens with zero attached hydrogens (tertiary/aromatic N) is 1. The minimum atomic E-state index is -4.74. The number of hydrogen-bond acceptors (Lipinski definition) is 1. The maximum Gasteiger partial charge on any atom is 0.471 e. The standard InChI is InChI=1S/C10H16F3NO/c1-7-4-3-5-8(6-7)14(2)9(15)10(11,12)13/h7-8H,3-6H2,1-2H3. The van der Waals surface area contributed by atoms with Gasteiger partial charge in [0.2, 0.25) is 0 Å². The van der Waals surface area contributed by atoms with Crippen molar-refractivity contribution < 1.29 is 18.0 Å². The number of alkyl halides is 3. The van der Waals surface area contributed by atoms with Crippen LogP contribution in [0, 0.1) is 5.92 Å². The summed E-state index contributed by atoms with van der Waals surface area (Å²) in [6.45, 7) is 2.01. The number of carbonyl (C=O) groups is 1. The Morgan fingerprint density at radius 2 is 1.93 bits per heavy atom. The zero-order valence-electron chi connectivity index (χ0n) is 8.97. The summed E-state index contributed by atoms with van der Waals surface area (Å²) in [4.78, 5) is 11.8. The van der Waals surface area contributed by atoms with E-state index in [1.54, 1.807) is 0 Å². The molecule has 2 nitrogen and oxygen atoms in total. The van der Waals surface area contributed by atoms with Gasteiger partial charge < -0.3 is 4.90 Å². The second kappa shape index (κ2) is 4.41. The summed E-state index contributed by atoms with van der Waals surface area (Å²) in [5.41, 5.74) is 0. The lowest BCUT2D eigenvalue weighted by molar-refractivity contribution is -0.186. The Hall–Kier alpha value is -0.740. The Labute approximate surface area is 87.4 Å². The maximum absolute atomic E-state index is 12.2. The van der Waals surface area contributed by atoms with Gasteiger partial charge in [-0.2, -0.15) is 13.2 Å². The Morgan fingerprint density at radius 3 is 2.40 bits per heavy atom. The summed E-state index contributed by atoms with van der Waals surface area (Å²) in [5, 5.41) is 0. The Bertz CT molecular complexity index is 239. The van der Waals surface area contributed by atoms with Crippen molar-refractivity contribution in [3.05, 3.63) is 0 Å². The molecule has 0 bridgehead atoms. The fraction of sp³-hybridized carbons (Fsp3) is 0.900. The van der Waals surface area contributed by atoms with Crippen LogP contribution in [-0.2, 0) is 4.79 Å². The molecule has 1 fully saturated rings. The molecule has 5 heteroatoms. The second-order valence-electron chi connectivity index (χ2n) is 4.34. The molecule has 1 rings (SSSR count). The van der Waals surface area contributed by atoms with Crippen molar-refractivity contribution in [1.29, 1.82) is 0 Å². The SMILES string of the molecule is CC1CCCC(N(C)C(=O)C(F)(F)F)C1. The summed E-state index contributed by atoms with van der Waals surface area (Å²) in [5.74, 6) is -1.31. The molecule has 0 saturated heterocycles. The molecule has 0 N–H and O–H groups in total. The van der Waals surface area contributed by atoms with Crippen LogP contribution in [0.4, 0.5) is 13.2 Å². The lowest BCUT2D eigenvalue weighted by atomic mass is 9.86. The van der Waals surface area contributed by atoms with E-state index >= 15 is 0 Å². The highest BCUT2D eigenvalue weighted by Crippen LogP contribution is 2.29. The Balaban J connectivity index is 2.59. The van der Waals surface area contributed by atoms with Crippen LogP contribution in [-0.4, -0.2) is 30.1 Å². The molecule has 2 unspecified atom stereocenters. The molecular weight excluding hydrogens is 207 g/mol. The normalized spacial score (nSPS) is 27.5. The van der Waals surface area contributed by atoms with E-state index in [1.165, 1.54) is 7.05 Å². The molecule has 88 valence electrons. The molecule has 1 aliphatic carbocycles. The van der Waals surface area contributed by atoms with Crippen molar-refractivity contribution in [3.8, 4) is 0 Å². The van der Waals surface area contributed by atoms with Crippen LogP contribution in [0.3, 0.4) is 0 Å². The summed E-state index contributed by atoms with van der Waals surface area (Å²) in [6, 6.07) is -0.247. The largest absolute Gasteiger partial charge is 0.471 e. The van der Waals surface area contributed by atoms with Gasteiger partial charge in [-0.05, 0) is 18.8 Å². The smallest absolute Gasteiger partial charge is 0.335 e. The predicted octanol–water partition coefficient (Wildman–Crippen LogP) is 2.59. The van der Waals surface area contributed by atoms with Crippen LogP contribution in [0.2, 0.25) is 0 Å². The maximum atomic E-state index is 12.2. The molecule has 0 aromatic heterocycles. The van der Waals surface area contributed by atoms with Gasteiger partial charge in [0.1, 0.15) is 0 Å². The van der Waals surface area contributed by atoms with Crippen LogP contribution >= 0.6 is 0 Å². The third-order valence-electron chi connectivity index (χ3n) is 3.02. The van der Waals surface area contributed by atoms with E-state index in [1.807, 2.05) is 6.92 Å². The van der Waals surface area contributed by atoms with Crippen LogP contribution < -0.4 is 0 Å². The first-order chi connectivity index (χ1) is 6.82. The molecule has 1 saturated carbocycles. The van der Waals surface area contributed by atoms with Gasteiger partial charge in [-0.1, -0.05) is 19.8 Å². The number of halogens is 3.